The molecule has 0 aromatic heterocycles. The van der Waals surface area contributed by atoms with E-state index in [9.17, 15) is 4.39 Å². The smallest absolute Gasteiger partial charge is 0.173 e. The van der Waals surface area contributed by atoms with Crippen molar-refractivity contribution in [2.45, 2.75) is 25.7 Å². The van der Waals surface area contributed by atoms with Crippen LogP contribution in [0.5, 0.6) is 0 Å². The van der Waals surface area contributed by atoms with Crippen LogP contribution in [0.2, 0.25) is 0 Å². The molecule has 3 rings (SSSR count). The second-order valence-electron chi connectivity index (χ2n) is 7.31. The molecule has 0 radical (unpaired) electrons. The molecule has 4 nitrogen and oxygen atoms in total. The Balaban J connectivity index is 1.56. The first-order valence-corrected chi connectivity index (χ1v) is 10.4. The van der Waals surface area contributed by atoms with Crippen molar-refractivity contribution in [2.24, 2.45) is 5.92 Å². The zero-order valence-electron chi connectivity index (χ0n) is 15.9. The molecule has 2 aliphatic rings. The Morgan fingerprint density at radius 2 is 2.07 bits per heavy atom. The van der Waals surface area contributed by atoms with E-state index in [0.717, 1.165) is 65.2 Å². The van der Waals surface area contributed by atoms with Gasteiger partial charge in [0.2, 0.25) is 0 Å². The van der Waals surface area contributed by atoms with Crippen LogP contribution in [0, 0.1) is 11.7 Å². The third kappa shape index (κ3) is 6.55. The number of nitrogens with one attached hydrogen (secondary N) is 1. The number of hydrogen-bond acceptors (Lipinski definition) is 3. The van der Waals surface area contributed by atoms with Gasteiger partial charge in [0.1, 0.15) is 5.82 Å². The lowest BCUT2D eigenvalue weighted by Crippen LogP contribution is -2.42. The molecule has 1 heterocycles. The van der Waals surface area contributed by atoms with Gasteiger partial charge in [-0.2, -0.15) is 0 Å². The van der Waals surface area contributed by atoms with Crippen LogP contribution in [-0.2, 0) is 4.74 Å². The van der Waals surface area contributed by atoms with Gasteiger partial charge in [0.15, 0.2) is 5.11 Å². The number of rotatable bonds is 7. The molecule has 1 saturated heterocycles. The molecule has 1 N–H and O–H groups in total. The van der Waals surface area contributed by atoms with E-state index in [1.165, 1.54) is 12.5 Å². The van der Waals surface area contributed by atoms with Crippen LogP contribution in [0.4, 0.5) is 10.1 Å². The van der Waals surface area contributed by atoms with Crippen LogP contribution in [0.3, 0.4) is 0 Å². The summed E-state index contributed by atoms with van der Waals surface area (Å²) in [6.07, 6.45) is 9.01. The number of benzene rings is 1. The van der Waals surface area contributed by atoms with Gasteiger partial charge in [-0.05, 0) is 56.0 Å². The minimum Gasteiger partial charge on any atom is -0.379 e. The van der Waals surface area contributed by atoms with Crippen LogP contribution < -0.4 is 5.32 Å². The fourth-order valence-corrected chi connectivity index (χ4v) is 3.95. The monoisotopic (exact) mass is 391 g/mol. The molecule has 1 fully saturated rings. The van der Waals surface area contributed by atoms with Gasteiger partial charge in [-0.3, -0.25) is 4.90 Å². The quantitative estimate of drug-likeness (QED) is 0.562. The number of para-hydroxylation sites is 1. The summed E-state index contributed by atoms with van der Waals surface area (Å²) in [6, 6.07) is 6.71. The first-order chi connectivity index (χ1) is 13.2. The summed E-state index contributed by atoms with van der Waals surface area (Å²) in [5.74, 6) is 0.340. The van der Waals surface area contributed by atoms with Gasteiger partial charge in [-0.25, -0.2) is 4.39 Å². The molecule has 6 heteroatoms. The SMILES string of the molecule is Fc1ccccc1NC(=S)N(CCCN1CCOCC1)CC1CC=CCC1. The Morgan fingerprint density at radius 3 is 2.81 bits per heavy atom. The first-order valence-electron chi connectivity index (χ1n) is 9.98. The van der Waals surface area contributed by atoms with Gasteiger partial charge >= 0.3 is 0 Å². The third-order valence-electron chi connectivity index (χ3n) is 5.26. The van der Waals surface area contributed by atoms with Crippen molar-refractivity contribution < 1.29 is 9.13 Å². The Bertz CT molecular complexity index is 634. The van der Waals surface area contributed by atoms with Gasteiger partial charge in [0.05, 0.1) is 18.9 Å². The molecular weight excluding hydrogens is 361 g/mol. The Kier molecular flexibility index (Phi) is 8.05. The average Bonchev–Trinajstić information content (AvgIpc) is 2.70. The zero-order chi connectivity index (χ0) is 18.9. The highest BCUT2D eigenvalue weighted by Gasteiger charge is 2.19. The fraction of sp³-hybridized carbons (Fsp3) is 0.571. The molecule has 0 saturated carbocycles. The lowest BCUT2D eigenvalue weighted by Gasteiger charge is -2.32. The molecule has 1 aromatic carbocycles. The number of morpholine rings is 1. The van der Waals surface area contributed by atoms with E-state index in [0.29, 0.717) is 16.7 Å². The summed E-state index contributed by atoms with van der Waals surface area (Å²) in [5.41, 5.74) is 0.448. The van der Waals surface area contributed by atoms with E-state index in [4.69, 9.17) is 17.0 Å². The summed E-state index contributed by atoms with van der Waals surface area (Å²) in [4.78, 5) is 4.67. The van der Waals surface area contributed by atoms with Crippen molar-refractivity contribution in [3.8, 4) is 0 Å². The topological polar surface area (TPSA) is 27.7 Å². The summed E-state index contributed by atoms with van der Waals surface area (Å²) < 4.78 is 19.4. The second-order valence-corrected chi connectivity index (χ2v) is 7.70. The lowest BCUT2D eigenvalue weighted by atomic mass is 9.94. The molecule has 1 unspecified atom stereocenters. The molecule has 1 aliphatic carbocycles. The van der Waals surface area contributed by atoms with Crippen molar-refractivity contribution in [2.75, 3.05) is 51.3 Å². The van der Waals surface area contributed by atoms with Gasteiger partial charge in [-0.15, -0.1) is 0 Å². The van der Waals surface area contributed by atoms with Gasteiger partial charge in [-0.1, -0.05) is 24.3 Å². The minimum absolute atomic E-state index is 0.270. The minimum atomic E-state index is -0.270. The Morgan fingerprint density at radius 1 is 1.26 bits per heavy atom. The molecule has 27 heavy (non-hydrogen) atoms. The lowest BCUT2D eigenvalue weighted by molar-refractivity contribution is 0.0367. The number of hydrogen-bond donors (Lipinski definition) is 1. The van der Waals surface area contributed by atoms with Crippen molar-refractivity contribution >= 4 is 23.0 Å². The average molecular weight is 392 g/mol. The Hall–Kier alpha value is -1.50. The van der Waals surface area contributed by atoms with Gasteiger partial charge < -0.3 is 15.0 Å². The van der Waals surface area contributed by atoms with E-state index in [2.05, 4.69) is 27.3 Å². The molecule has 0 bridgehead atoms. The first kappa shape index (κ1) is 20.2. The number of anilines is 1. The maximum Gasteiger partial charge on any atom is 0.173 e. The fourth-order valence-electron chi connectivity index (χ4n) is 3.68. The van der Waals surface area contributed by atoms with Crippen LogP contribution in [0.1, 0.15) is 25.7 Å². The second kappa shape index (κ2) is 10.7. The number of thiocarbonyl (C=S) groups is 1. The maximum atomic E-state index is 14.0. The normalized spacial score (nSPS) is 20.4. The highest BCUT2D eigenvalue weighted by molar-refractivity contribution is 7.80. The van der Waals surface area contributed by atoms with E-state index in [-0.39, 0.29) is 5.82 Å². The number of halogens is 1. The van der Waals surface area contributed by atoms with Crippen LogP contribution in [0.15, 0.2) is 36.4 Å². The maximum absolute atomic E-state index is 14.0. The predicted octanol–water partition coefficient (Wildman–Crippen LogP) is 3.90. The molecular formula is C21H30FN3OS. The van der Waals surface area contributed by atoms with Crippen molar-refractivity contribution in [1.29, 1.82) is 0 Å². The Labute approximate surface area is 167 Å². The third-order valence-corrected chi connectivity index (χ3v) is 5.63. The molecule has 0 spiro atoms. The number of allylic oxidation sites excluding steroid dienone is 2. The highest BCUT2D eigenvalue weighted by Crippen LogP contribution is 2.21. The van der Waals surface area contributed by atoms with Crippen LogP contribution >= 0.6 is 12.2 Å². The van der Waals surface area contributed by atoms with Crippen molar-refractivity contribution in [3.63, 3.8) is 0 Å². The number of ether oxygens (including phenoxy) is 1. The summed E-state index contributed by atoms with van der Waals surface area (Å²) in [7, 11) is 0. The summed E-state index contributed by atoms with van der Waals surface area (Å²) in [5, 5.41) is 3.74. The predicted molar refractivity (Wildman–Crippen MR) is 113 cm³/mol. The summed E-state index contributed by atoms with van der Waals surface area (Å²) in [6.45, 7) is 6.52. The molecule has 0 amide bonds. The van der Waals surface area contributed by atoms with Gasteiger partial charge in [0.25, 0.3) is 0 Å². The van der Waals surface area contributed by atoms with Gasteiger partial charge in [0, 0.05) is 32.7 Å². The largest absolute Gasteiger partial charge is 0.379 e. The van der Waals surface area contributed by atoms with Crippen LogP contribution in [-0.4, -0.2) is 60.8 Å². The van der Waals surface area contributed by atoms with E-state index >= 15 is 0 Å². The van der Waals surface area contributed by atoms with E-state index in [1.807, 2.05) is 6.07 Å². The van der Waals surface area contributed by atoms with E-state index < -0.39 is 0 Å². The van der Waals surface area contributed by atoms with E-state index in [1.54, 1.807) is 12.1 Å². The molecule has 148 valence electrons. The number of nitrogens with zero attached hydrogens (tertiary/aromatic N) is 2. The van der Waals surface area contributed by atoms with Crippen LogP contribution in [0.25, 0.3) is 0 Å². The zero-order valence-corrected chi connectivity index (χ0v) is 16.7. The molecule has 1 aliphatic heterocycles. The van der Waals surface area contributed by atoms with Crippen molar-refractivity contribution in [3.05, 3.63) is 42.2 Å². The molecule has 1 aromatic rings. The highest BCUT2D eigenvalue weighted by atomic mass is 32.1. The standard InChI is InChI=1S/C21H30FN3OS/c22-19-9-4-5-10-20(19)23-21(27)25(17-18-7-2-1-3-8-18)12-6-11-24-13-15-26-16-14-24/h1-2,4-5,9-10,18H,3,6-8,11-17H2,(H,23,27). The summed E-state index contributed by atoms with van der Waals surface area (Å²) >= 11 is 5.65. The molecule has 1 atom stereocenters. The van der Waals surface area contributed by atoms with Crippen molar-refractivity contribution in [1.82, 2.24) is 9.80 Å².